The number of carbonyl (C=O) groups excluding carboxylic acids is 1. The summed E-state index contributed by atoms with van der Waals surface area (Å²) in [7, 11) is 1.26. The van der Waals surface area contributed by atoms with Crippen LogP contribution < -0.4 is 10.6 Å². The fourth-order valence-electron chi connectivity index (χ4n) is 1.20. The number of methoxy groups -OCH3 is 1. The summed E-state index contributed by atoms with van der Waals surface area (Å²) in [5.41, 5.74) is 0. The van der Waals surface area contributed by atoms with Crippen LogP contribution in [-0.4, -0.2) is 52.0 Å². The molecule has 0 aliphatic carbocycles. The molecule has 1 heterocycles. The van der Waals surface area contributed by atoms with Crippen molar-refractivity contribution >= 4 is 12.0 Å². The predicted octanol–water partition coefficient (Wildman–Crippen LogP) is -0.735. The Morgan fingerprint density at radius 1 is 1.61 bits per heavy atom. The Balaban J connectivity index is 2.35. The zero-order chi connectivity index (χ0) is 13.5. The van der Waals surface area contributed by atoms with E-state index in [0.29, 0.717) is 5.82 Å². The van der Waals surface area contributed by atoms with E-state index in [4.69, 9.17) is 5.11 Å². The number of rotatable bonds is 6. The molecule has 0 saturated carbocycles. The molecule has 0 radical (unpaired) electrons. The number of nitrogens with one attached hydrogen (secondary N) is 3. The SMILES string of the molecule is COC(CNC(=O)NC(C)c1ncn[nH]1)C(=O)O. The number of carboxylic acid groups (broad SMARTS) is 1. The quantitative estimate of drug-likeness (QED) is 0.531. The number of aromatic nitrogens is 3. The summed E-state index contributed by atoms with van der Waals surface area (Å²) in [6.07, 6.45) is 0.257. The first-order valence-corrected chi connectivity index (χ1v) is 5.19. The standard InChI is InChI=1S/C9H15N5O4/c1-5(7-11-4-12-14-7)13-9(17)10-3-6(18-2)8(15)16/h4-6H,3H2,1-2H3,(H,15,16)(H2,10,13,17)(H,11,12,14). The second kappa shape index (κ2) is 6.55. The first-order chi connectivity index (χ1) is 8.54. The molecule has 1 aromatic heterocycles. The van der Waals surface area contributed by atoms with E-state index in [1.165, 1.54) is 13.4 Å². The lowest BCUT2D eigenvalue weighted by Gasteiger charge is -2.14. The van der Waals surface area contributed by atoms with Gasteiger partial charge >= 0.3 is 12.0 Å². The number of carboxylic acids is 1. The number of amides is 2. The maximum Gasteiger partial charge on any atom is 0.334 e. The molecule has 0 spiro atoms. The molecule has 2 amide bonds. The number of urea groups is 1. The van der Waals surface area contributed by atoms with E-state index >= 15 is 0 Å². The fraction of sp³-hybridized carbons (Fsp3) is 0.556. The van der Waals surface area contributed by atoms with Crippen LogP contribution in [0.5, 0.6) is 0 Å². The Morgan fingerprint density at radius 3 is 2.83 bits per heavy atom. The van der Waals surface area contributed by atoms with Crippen LogP contribution in [-0.2, 0) is 9.53 Å². The van der Waals surface area contributed by atoms with Crippen molar-refractivity contribution in [3.63, 3.8) is 0 Å². The summed E-state index contributed by atoms with van der Waals surface area (Å²) in [5, 5.41) is 19.9. The molecular formula is C9H15N5O4. The van der Waals surface area contributed by atoms with Crippen LogP contribution in [0.15, 0.2) is 6.33 Å². The van der Waals surface area contributed by atoms with Gasteiger partial charge in [0, 0.05) is 7.11 Å². The molecule has 1 rings (SSSR count). The molecule has 4 N–H and O–H groups in total. The zero-order valence-corrected chi connectivity index (χ0v) is 10.0. The monoisotopic (exact) mass is 257 g/mol. The molecule has 0 aromatic carbocycles. The maximum atomic E-state index is 11.5. The normalized spacial score (nSPS) is 13.7. The van der Waals surface area contributed by atoms with E-state index < -0.39 is 18.1 Å². The highest BCUT2D eigenvalue weighted by Crippen LogP contribution is 2.02. The summed E-state index contributed by atoms with van der Waals surface area (Å²) >= 11 is 0. The minimum absolute atomic E-state index is 0.124. The highest BCUT2D eigenvalue weighted by atomic mass is 16.5. The molecule has 2 unspecified atom stereocenters. The van der Waals surface area contributed by atoms with Gasteiger partial charge in [-0.1, -0.05) is 0 Å². The second-order valence-electron chi connectivity index (χ2n) is 3.51. The van der Waals surface area contributed by atoms with E-state index in [1.54, 1.807) is 6.92 Å². The molecule has 0 fully saturated rings. The number of hydrogen-bond donors (Lipinski definition) is 4. The molecule has 18 heavy (non-hydrogen) atoms. The van der Waals surface area contributed by atoms with E-state index in [-0.39, 0.29) is 12.6 Å². The van der Waals surface area contributed by atoms with E-state index in [2.05, 4.69) is 30.6 Å². The first kappa shape index (κ1) is 13.9. The summed E-state index contributed by atoms with van der Waals surface area (Å²) in [5.74, 6) is -0.632. The van der Waals surface area contributed by atoms with Crippen molar-refractivity contribution in [3.05, 3.63) is 12.2 Å². The molecule has 0 saturated heterocycles. The van der Waals surface area contributed by atoms with Crippen LogP contribution in [0.2, 0.25) is 0 Å². The molecule has 2 atom stereocenters. The van der Waals surface area contributed by atoms with Gasteiger partial charge in [0.05, 0.1) is 12.6 Å². The molecule has 1 aromatic rings. The predicted molar refractivity (Wildman–Crippen MR) is 59.8 cm³/mol. The van der Waals surface area contributed by atoms with Crippen molar-refractivity contribution in [2.75, 3.05) is 13.7 Å². The van der Waals surface area contributed by atoms with Gasteiger partial charge in [-0.3, -0.25) is 5.10 Å². The second-order valence-corrected chi connectivity index (χ2v) is 3.51. The van der Waals surface area contributed by atoms with Crippen LogP contribution >= 0.6 is 0 Å². The molecule has 9 nitrogen and oxygen atoms in total. The van der Waals surface area contributed by atoms with Crippen molar-refractivity contribution in [2.24, 2.45) is 0 Å². The van der Waals surface area contributed by atoms with Crippen molar-refractivity contribution in [1.82, 2.24) is 25.8 Å². The number of H-pyrrole nitrogens is 1. The Morgan fingerprint density at radius 2 is 2.33 bits per heavy atom. The molecule has 9 heteroatoms. The van der Waals surface area contributed by atoms with E-state index in [1.807, 2.05) is 0 Å². The van der Waals surface area contributed by atoms with Crippen LogP contribution in [0.1, 0.15) is 18.8 Å². The van der Waals surface area contributed by atoms with Crippen LogP contribution in [0.25, 0.3) is 0 Å². The lowest BCUT2D eigenvalue weighted by molar-refractivity contribution is -0.147. The van der Waals surface area contributed by atoms with Gasteiger partial charge in [-0.15, -0.1) is 0 Å². The summed E-state index contributed by atoms with van der Waals surface area (Å²) in [6.45, 7) is 1.59. The minimum Gasteiger partial charge on any atom is -0.479 e. The van der Waals surface area contributed by atoms with Crippen molar-refractivity contribution < 1.29 is 19.4 Å². The van der Waals surface area contributed by atoms with E-state index in [9.17, 15) is 9.59 Å². The van der Waals surface area contributed by atoms with Gasteiger partial charge in [-0.2, -0.15) is 5.10 Å². The number of nitrogens with zero attached hydrogens (tertiary/aromatic N) is 2. The van der Waals surface area contributed by atoms with Gasteiger partial charge in [-0.25, -0.2) is 14.6 Å². The van der Waals surface area contributed by atoms with Crippen molar-refractivity contribution in [1.29, 1.82) is 0 Å². The van der Waals surface area contributed by atoms with Crippen molar-refractivity contribution in [2.45, 2.75) is 19.1 Å². The Kier molecular flexibility index (Phi) is 5.06. The number of ether oxygens (including phenoxy) is 1. The largest absolute Gasteiger partial charge is 0.479 e. The highest BCUT2D eigenvalue weighted by molar-refractivity contribution is 5.77. The van der Waals surface area contributed by atoms with Crippen LogP contribution in [0.3, 0.4) is 0 Å². The maximum absolute atomic E-state index is 11.5. The number of aliphatic carboxylic acids is 1. The van der Waals surface area contributed by atoms with E-state index in [0.717, 1.165) is 0 Å². The average Bonchev–Trinajstić information content (AvgIpc) is 2.82. The minimum atomic E-state index is -1.14. The van der Waals surface area contributed by atoms with Crippen LogP contribution in [0, 0.1) is 0 Å². The molecule has 0 aliphatic heterocycles. The summed E-state index contributed by atoms with van der Waals surface area (Å²) < 4.78 is 4.67. The third kappa shape index (κ3) is 4.01. The van der Waals surface area contributed by atoms with Gasteiger partial charge < -0.3 is 20.5 Å². The Labute approximate surface area is 103 Å². The number of hydrogen-bond acceptors (Lipinski definition) is 5. The molecule has 0 bridgehead atoms. The Bertz CT molecular complexity index is 394. The molecule has 0 aliphatic rings. The number of carbonyl (C=O) groups is 2. The number of aromatic amines is 1. The average molecular weight is 257 g/mol. The van der Waals surface area contributed by atoms with Gasteiger partial charge in [0.25, 0.3) is 0 Å². The molecule has 100 valence electrons. The highest BCUT2D eigenvalue weighted by Gasteiger charge is 2.18. The third-order valence-electron chi connectivity index (χ3n) is 2.20. The zero-order valence-electron chi connectivity index (χ0n) is 10.0. The summed E-state index contributed by atoms with van der Waals surface area (Å²) in [6, 6.07) is -0.875. The van der Waals surface area contributed by atoms with Gasteiger partial charge in [0.15, 0.2) is 6.10 Å². The third-order valence-corrected chi connectivity index (χ3v) is 2.20. The Hall–Kier alpha value is -2.16. The summed E-state index contributed by atoms with van der Waals surface area (Å²) in [4.78, 5) is 26.0. The first-order valence-electron chi connectivity index (χ1n) is 5.19. The lowest BCUT2D eigenvalue weighted by Crippen LogP contribution is -2.43. The van der Waals surface area contributed by atoms with Gasteiger partial charge in [0.2, 0.25) is 0 Å². The van der Waals surface area contributed by atoms with Gasteiger partial charge in [0.1, 0.15) is 12.2 Å². The topological polar surface area (TPSA) is 129 Å². The van der Waals surface area contributed by atoms with Crippen LogP contribution in [0.4, 0.5) is 4.79 Å². The lowest BCUT2D eigenvalue weighted by atomic mass is 10.3. The molecular weight excluding hydrogens is 242 g/mol. The van der Waals surface area contributed by atoms with Crippen molar-refractivity contribution in [3.8, 4) is 0 Å². The fourth-order valence-corrected chi connectivity index (χ4v) is 1.20. The van der Waals surface area contributed by atoms with Gasteiger partial charge in [-0.05, 0) is 6.92 Å². The smallest absolute Gasteiger partial charge is 0.334 e.